The van der Waals surface area contributed by atoms with Gasteiger partial charge in [0, 0.05) is 13.0 Å². The van der Waals surface area contributed by atoms with Gasteiger partial charge in [-0.2, -0.15) is 0 Å². The molecule has 11 unspecified atom stereocenters. The van der Waals surface area contributed by atoms with E-state index < -0.39 is 80.7 Å². The maximum absolute atomic E-state index is 13.0. The van der Waals surface area contributed by atoms with E-state index in [2.05, 4.69) is 26.0 Å². The van der Waals surface area contributed by atoms with Crippen molar-refractivity contribution < 1.29 is 69.0 Å². The van der Waals surface area contributed by atoms with Crippen molar-refractivity contribution in [3.05, 3.63) is 12.2 Å². The first-order valence-electron chi connectivity index (χ1n) is 24.8. The Hall–Kier alpha value is -1.27. The molecule has 366 valence electrons. The molecular weight excluding hydrogens is 801 g/mol. The van der Waals surface area contributed by atoms with E-state index in [0.717, 1.165) is 44.9 Å². The number of hydrogen-bond acceptors (Lipinski definition) is 14. The van der Waals surface area contributed by atoms with Gasteiger partial charge in [0.15, 0.2) is 12.6 Å². The predicted octanol–water partition coefficient (Wildman–Crippen LogP) is 6.68. The van der Waals surface area contributed by atoms with Crippen LogP contribution in [0.4, 0.5) is 0 Å². The molecule has 0 aromatic rings. The third-order valence-electron chi connectivity index (χ3n) is 12.0. The summed E-state index contributed by atoms with van der Waals surface area (Å²) in [5, 5.41) is 72.0. The number of carbonyl (C=O) groups excluding carboxylic acids is 1. The Morgan fingerprint density at radius 1 is 0.516 bits per heavy atom. The first-order valence-corrected chi connectivity index (χ1v) is 24.8. The fourth-order valence-electron chi connectivity index (χ4n) is 7.93. The summed E-state index contributed by atoms with van der Waals surface area (Å²) in [6, 6.07) is 0. The SMILES string of the molecule is CCCCCCCCC/C=C\CCCCCCCCCC(=O)OC(COCCCCCCCCCCCC)COC1OC(COC2OC(CO)C(O)C(O)C2O)C(O)C(O)C1O. The van der Waals surface area contributed by atoms with E-state index in [0.29, 0.717) is 13.0 Å². The van der Waals surface area contributed by atoms with Gasteiger partial charge in [-0.25, -0.2) is 0 Å². The summed E-state index contributed by atoms with van der Waals surface area (Å²) in [6.07, 6.45) is 19.9. The lowest BCUT2D eigenvalue weighted by atomic mass is 9.98. The number of aliphatic hydroxyl groups is 7. The Kier molecular flexibility index (Phi) is 33.8. The minimum Gasteiger partial charge on any atom is -0.457 e. The van der Waals surface area contributed by atoms with Gasteiger partial charge in [0.25, 0.3) is 0 Å². The van der Waals surface area contributed by atoms with Crippen LogP contribution in [0.1, 0.15) is 187 Å². The molecule has 0 saturated carbocycles. The van der Waals surface area contributed by atoms with Crippen LogP contribution in [-0.2, 0) is 33.2 Å². The van der Waals surface area contributed by atoms with E-state index in [-0.39, 0.29) is 25.6 Å². The van der Waals surface area contributed by atoms with Gasteiger partial charge in [0.2, 0.25) is 0 Å². The number of aliphatic hydroxyl groups excluding tert-OH is 7. The normalized spacial score (nSPS) is 27.2. The summed E-state index contributed by atoms with van der Waals surface area (Å²) in [7, 11) is 0. The average Bonchev–Trinajstić information content (AvgIpc) is 3.27. The number of unbranched alkanes of at least 4 members (excludes halogenated alkanes) is 23. The summed E-state index contributed by atoms with van der Waals surface area (Å²) in [5.41, 5.74) is 0. The van der Waals surface area contributed by atoms with Gasteiger partial charge >= 0.3 is 5.97 Å². The number of allylic oxidation sites excluding steroid dienone is 2. The van der Waals surface area contributed by atoms with Crippen LogP contribution in [-0.4, -0.2) is 142 Å². The fraction of sp³-hybridized carbons (Fsp3) is 0.938. The molecule has 2 aliphatic heterocycles. The number of hydrogen-bond donors (Lipinski definition) is 7. The van der Waals surface area contributed by atoms with E-state index in [4.69, 9.17) is 28.4 Å². The van der Waals surface area contributed by atoms with Crippen molar-refractivity contribution in [2.24, 2.45) is 0 Å². The van der Waals surface area contributed by atoms with Crippen LogP contribution < -0.4 is 0 Å². The average molecular weight is 891 g/mol. The molecule has 2 rings (SSSR count). The second-order valence-corrected chi connectivity index (χ2v) is 17.6. The first-order chi connectivity index (χ1) is 30.1. The molecule has 0 bridgehead atoms. The van der Waals surface area contributed by atoms with Crippen LogP contribution in [0.5, 0.6) is 0 Å². The highest BCUT2D eigenvalue weighted by Crippen LogP contribution is 2.26. The van der Waals surface area contributed by atoms with E-state index in [1.165, 1.54) is 116 Å². The smallest absolute Gasteiger partial charge is 0.306 e. The zero-order valence-electron chi connectivity index (χ0n) is 38.6. The third-order valence-corrected chi connectivity index (χ3v) is 12.0. The van der Waals surface area contributed by atoms with Crippen molar-refractivity contribution in [3.63, 3.8) is 0 Å². The number of ether oxygens (including phenoxy) is 6. The van der Waals surface area contributed by atoms with Crippen molar-refractivity contribution >= 4 is 5.97 Å². The van der Waals surface area contributed by atoms with Gasteiger partial charge < -0.3 is 64.2 Å². The predicted molar refractivity (Wildman–Crippen MR) is 238 cm³/mol. The molecule has 2 aliphatic rings. The highest BCUT2D eigenvalue weighted by Gasteiger charge is 2.47. The van der Waals surface area contributed by atoms with Gasteiger partial charge in [-0.15, -0.1) is 0 Å². The van der Waals surface area contributed by atoms with Gasteiger partial charge in [-0.3, -0.25) is 4.79 Å². The van der Waals surface area contributed by atoms with E-state index in [9.17, 15) is 40.5 Å². The molecule has 14 nitrogen and oxygen atoms in total. The summed E-state index contributed by atoms with van der Waals surface area (Å²) in [4.78, 5) is 13.0. The maximum Gasteiger partial charge on any atom is 0.306 e. The lowest BCUT2D eigenvalue weighted by molar-refractivity contribution is -0.332. The van der Waals surface area contributed by atoms with Crippen LogP contribution in [0.15, 0.2) is 12.2 Å². The minimum absolute atomic E-state index is 0.0646. The molecule has 0 aromatic carbocycles. The fourth-order valence-corrected chi connectivity index (χ4v) is 7.93. The molecule has 0 aliphatic carbocycles. The molecule has 11 atom stereocenters. The van der Waals surface area contributed by atoms with Crippen molar-refractivity contribution in [1.82, 2.24) is 0 Å². The molecule has 2 saturated heterocycles. The first kappa shape index (κ1) is 56.9. The summed E-state index contributed by atoms with van der Waals surface area (Å²) >= 11 is 0. The van der Waals surface area contributed by atoms with E-state index in [1.807, 2.05) is 0 Å². The lowest BCUT2D eigenvalue weighted by Gasteiger charge is -2.42. The molecule has 14 heteroatoms. The minimum atomic E-state index is -1.70. The molecule has 0 aromatic heterocycles. The molecule has 62 heavy (non-hydrogen) atoms. The standard InChI is InChI=1S/C48H90O14/c1-3-5-7-9-11-13-15-16-17-18-19-20-21-22-23-25-27-29-31-40(50)60-37(34-57-32-30-28-26-24-14-12-10-8-6-4-2)35-58-47-46(56)44(54)42(52)39(62-47)36-59-48-45(55)43(53)41(51)38(33-49)61-48/h17-18,37-39,41-49,51-56H,3-16,19-36H2,1-2H3/b18-17-. The van der Waals surface area contributed by atoms with Crippen LogP contribution in [0, 0.1) is 0 Å². The Labute approximate surface area is 374 Å². The van der Waals surface area contributed by atoms with Crippen LogP contribution >= 0.6 is 0 Å². The van der Waals surface area contributed by atoms with Gasteiger partial charge in [0.05, 0.1) is 26.4 Å². The van der Waals surface area contributed by atoms with Crippen molar-refractivity contribution in [2.45, 2.75) is 255 Å². The topological polar surface area (TPSA) is 214 Å². The Bertz CT molecular complexity index is 1080. The number of esters is 1. The largest absolute Gasteiger partial charge is 0.457 e. The zero-order valence-corrected chi connectivity index (χ0v) is 38.6. The Morgan fingerprint density at radius 3 is 1.47 bits per heavy atom. The van der Waals surface area contributed by atoms with Gasteiger partial charge in [-0.1, -0.05) is 154 Å². The summed E-state index contributed by atoms with van der Waals surface area (Å²) in [5.74, 6) is -0.379. The highest BCUT2D eigenvalue weighted by molar-refractivity contribution is 5.69. The molecule has 2 fully saturated rings. The molecular formula is C48H90O14. The van der Waals surface area contributed by atoms with Crippen LogP contribution in [0.3, 0.4) is 0 Å². The summed E-state index contributed by atoms with van der Waals surface area (Å²) in [6.45, 7) is 3.68. The molecule has 0 spiro atoms. The maximum atomic E-state index is 13.0. The number of carbonyl (C=O) groups is 1. The molecule has 2 heterocycles. The van der Waals surface area contributed by atoms with E-state index >= 15 is 0 Å². The molecule has 7 N–H and O–H groups in total. The van der Waals surface area contributed by atoms with Crippen LogP contribution in [0.25, 0.3) is 0 Å². The third kappa shape index (κ3) is 24.9. The highest BCUT2D eigenvalue weighted by atomic mass is 16.7. The van der Waals surface area contributed by atoms with E-state index in [1.54, 1.807) is 0 Å². The second-order valence-electron chi connectivity index (χ2n) is 17.6. The zero-order chi connectivity index (χ0) is 45.2. The van der Waals surface area contributed by atoms with Crippen LogP contribution in [0.2, 0.25) is 0 Å². The lowest BCUT2D eigenvalue weighted by Crippen LogP contribution is -2.61. The number of rotatable bonds is 39. The van der Waals surface area contributed by atoms with Crippen molar-refractivity contribution in [2.75, 3.05) is 33.0 Å². The van der Waals surface area contributed by atoms with Crippen molar-refractivity contribution in [1.29, 1.82) is 0 Å². The quantitative estimate of drug-likeness (QED) is 0.0195. The second kappa shape index (κ2) is 36.9. The molecule has 0 radical (unpaired) electrons. The van der Waals surface area contributed by atoms with Crippen molar-refractivity contribution in [3.8, 4) is 0 Å². The monoisotopic (exact) mass is 891 g/mol. The Balaban J connectivity index is 1.76. The Morgan fingerprint density at radius 2 is 0.952 bits per heavy atom. The molecule has 0 amide bonds. The van der Waals surface area contributed by atoms with Gasteiger partial charge in [-0.05, 0) is 38.5 Å². The van der Waals surface area contributed by atoms with Gasteiger partial charge in [0.1, 0.15) is 54.9 Å². The summed E-state index contributed by atoms with van der Waals surface area (Å²) < 4.78 is 34.2.